The van der Waals surface area contributed by atoms with Crippen LogP contribution in [0.2, 0.25) is 36.8 Å². The standard InChI is InChI=1S/C27H58OSi2/c1-9-11-12-13-14-15-16-17-18-19-20-21-22-23-24-27(5,30(6,7)8)26(3,4)25-29(28)10-2/h9-25H2,1-8H3. The van der Waals surface area contributed by atoms with E-state index in [0.717, 1.165) is 12.1 Å². The van der Waals surface area contributed by atoms with Crippen LogP contribution < -0.4 is 0 Å². The number of unbranched alkanes of at least 4 members (excludes halogenated alkanes) is 13. The van der Waals surface area contributed by atoms with Gasteiger partial charge >= 0.3 is 0 Å². The van der Waals surface area contributed by atoms with Gasteiger partial charge in [-0.05, 0) is 29.0 Å². The van der Waals surface area contributed by atoms with Crippen LogP contribution in [0.25, 0.3) is 0 Å². The Morgan fingerprint density at radius 1 is 0.633 bits per heavy atom. The van der Waals surface area contributed by atoms with Gasteiger partial charge in [-0.15, -0.1) is 0 Å². The van der Waals surface area contributed by atoms with Gasteiger partial charge in [-0.3, -0.25) is 0 Å². The summed E-state index contributed by atoms with van der Waals surface area (Å²) in [6.45, 7) is 19.3. The number of hydrogen-bond donors (Lipinski definition) is 0. The monoisotopic (exact) mass is 454 g/mol. The molecule has 0 aromatic carbocycles. The molecule has 0 rings (SSSR count). The van der Waals surface area contributed by atoms with Crippen molar-refractivity contribution in [3.63, 3.8) is 0 Å². The molecule has 0 aliphatic rings. The van der Waals surface area contributed by atoms with Crippen molar-refractivity contribution in [2.45, 2.75) is 168 Å². The first-order chi connectivity index (χ1) is 14.0. The largest absolute Gasteiger partial charge is 0.388 e. The van der Waals surface area contributed by atoms with Crippen LogP contribution in [0.4, 0.5) is 0 Å². The smallest absolute Gasteiger partial charge is 0.276 e. The molecule has 0 aliphatic carbocycles. The Bertz CT molecular complexity index is 439. The van der Waals surface area contributed by atoms with Gasteiger partial charge < -0.3 is 4.46 Å². The summed E-state index contributed by atoms with van der Waals surface area (Å²) in [4.78, 5) is 0. The summed E-state index contributed by atoms with van der Waals surface area (Å²) in [7, 11) is -2.77. The number of hydrogen-bond acceptors (Lipinski definition) is 1. The summed E-state index contributed by atoms with van der Waals surface area (Å²) < 4.78 is 12.4. The van der Waals surface area contributed by atoms with Gasteiger partial charge in [0.2, 0.25) is 0 Å². The molecule has 0 saturated carbocycles. The molecular formula is C27H58OSi2. The maximum Gasteiger partial charge on any atom is 0.276 e. The van der Waals surface area contributed by atoms with E-state index in [-0.39, 0.29) is 5.41 Å². The van der Waals surface area contributed by atoms with Crippen molar-refractivity contribution in [3.8, 4) is 0 Å². The molecule has 0 amide bonds. The maximum atomic E-state index is 12.4. The normalized spacial score (nSPS) is 14.7. The van der Waals surface area contributed by atoms with Crippen LogP contribution in [0.3, 0.4) is 0 Å². The Kier molecular flexibility index (Phi) is 16.1. The molecule has 0 radical (unpaired) electrons. The lowest BCUT2D eigenvalue weighted by molar-refractivity contribution is 0.243. The molecule has 0 saturated heterocycles. The molecule has 0 bridgehead atoms. The summed E-state index contributed by atoms with van der Waals surface area (Å²) in [5.74, 6) is 0. The minimum atomic E-state index is -1.41. The van der Waals surface area contributed by atoms with Gasteiger partial charge in [-0.2, -0.15) is 0 Å². The van der Waals surface area contributed by atoms with E-state index in [1.54, 1.807) is 0 Å². The second-order valence-corrected chi connectivity index (χ2v) is 19.6. The zero-order valence-corrected chi connectivity index (χ0v) is 24.4. The van der Waals surface area contributed by atoms with E-state index < -0.39 is 16.8 Å². The SMILES string of the molecule is CCCCCCCCCCCCCCCCC(C)(C(C)(C)C[Si](=O)CC)[Si](C)(C)C. The summed E-state index contributed by atoms with van der Waals surface area (Å²) in [5.41, 5.74) is 0.195. The Morgan fingerprint density at radius 3 is 1.33 bits per heavy atom. The highest BCUT2D eigenvalue weighted by Gasteiger charge is 2.49. The molecule has 1 nitrogen and oxygen atoms in total. The molecule has 0 aliphatic heterocycles. The highest BCUT2D eigenvalue weighted by Crippen LogP contribution is 2.58. The summed E-state index contributed by atoms with van der Waals surface area (Å²) in [6.07, 6.45) is 21.3. The van der Waals surface area contributed by atoms with Crippen molar-refractivity contribution >= 4 is 16.8 Å². The van der Waals surface area contributed by atoms with Crippen LogP contribution in [0.1, 0.15) is 131 Å². The zero-order valence-electron chi connectivity index (χ0n) is 22.4. The molecule has 0 aromatic heterocycles. The molecule has 0 N–H and O–H groups in total. The van der Waals surface area contributed by atoms with E-state index in [0.29, 0.717) is 5.04 Å². The molecule has 0 fully saturated rings. The first-order valence-corrected chi connectivity index (χ1v) is 18.9. The van der Waals surface area contributed by atoms with Crippen molar-refractivity contribution < 1.29 is 4.46 Å². The fraction of sp³-hybridized carbons (Fsp3) is 1.00. The minimum absolute atomic E-state index is 0.195. The fourth-order valence-electron chi connectivity index (χ4n) is 5.21. The van der Waals surface area contributed by atoms with Crippen molar-refractivity contribution in [2.75, 3.05) is 0 Å². The average molecular weight is 455 g/mol. The number of rotatable bonds is 20. The topological polar surface area (TPSA) is 17.1 Å². The van der Waals surface area contributed by atoms with Crippen LogP contribution in [-0.2, 0) is 4.46 Å². The van der Waals surface area contributed by atoms with E-state index in [1.807, 2.05) is 0 Å². The molecule has 1 unspecified atom stereocenters. The molecule has 0 spiro atoms. The second-order valence-electron chi connectivity index (χ2n) is 11.9. The third-order valence-corrected chi connectivity index (χ3v) is 14.5. The molecule has 1 atom stereocenters. The third-order valence-electron chi connectivity index (χ3n) is 8.21. The van der Waals surface area contributed by atoms with Crippen molar-refractivity contribution in [1.82, 2.24) is 0 Å². The minimum Gasteiger partial charge on any atom is -0.388 e. The van der Waals surface area contributed by atoms with E-state index in [9.17, 15) is 4.46 Å². The summed E-state index contributed by atoms with van der Waals surface area (Å²) >= 11 is 0. The van der Waals surface area contributed by atoms with Gasteiger partial charge in [0.05, 0.1) is 8.07 Å². The molecule has 0 aromatic rings. The third kappa shape index (κ3) is 11.7. The van der Waals surface area contributed by atoms with Crippen molar-refractivity contribution in [3.05, 3.63) is 0 Å². The van der Waals surface area contributed by atoms with Gasteiger partial charge in [-0.25, -0.2) is 0 Å². The zero-order chi connectivity index (χ0) is 23.1. The Balaban J connectivity index is 4.05. The van der Waals surface area contributed by atoms with Gasteiger partial charge in [0.25, 0.3) is 8.68 Å². The Morgan fingerprint density at radius 2 is 1.00 bits per heavy atom. The van der Waals surface area contributed by atoms with Crippen molar-refractivity contribution in [2.24, 2.45) is 5.41 Å². The van der Waals surface area contributed by atoms with Crippen molar-refractivity contribution in [1.29, 1.82) is 0 Å². The van der Waals surface area contributed by atoms with E-state index in [1.165, 1.54) is 96.3 Å². The molecule has 30 heavy (non-hydrogen) atoms. The van der Waals surface area contributed by atoms with E-state index >= 15 is 0 Å². The molecule has 0 heterocycles. The quantitative estimate of drug-likeness (QED) is 0.132. The van der Waals surface area contributed by atoms with Gasteiger partial charge in [-0.1, -0.05) is 144 Å². The molecule has 3 heteroatoms. The second kappa shape index (κ2) is 15.9. The Labute approximate surface area is 194 Å². The van der Waals surface area contributed by atoms with Crippen LogP contribution in [-0.4, -0.2) is 16.8 Å². The van der Waals surface area contributed by atoms with Crippen LogP contribution in [0.15, 0.2) is 0 Å². The predicted octanol–water partition coefficient (Wildman–Crippen LogP) is 10.4. The van der Waals surface area contributed by atoms with E-state index in [2.05, 4.69) is 54.3 Å². The lowest BCUT2D eigenvalue weighted by atomic mass is 9.77. The first-order valence-electron chi connectivity index (χ1n) is 13.5. The summed E-state index contributed by atoms with van der Waals surface area (Å²) in [5, 5.41) is 0.368. The predicted molar refractivity (Wildman–Crippen MR) is 142 cm³/mol. The first kappa shape index (κ1) is 30.2. The van der Waals surface area contributed by atoms with E-state index in [4.69, 9.17) is 0 Å². The highest BCUT2D eigenvalue weighted by atomic mass is 28.3. The lowest BCUT2D eigenvalue weighted by Crippen LogP contribution is -2.47. The van der Waals surface area contributed by atoms with Crippen LogP contribution >= 0.6 is 0 Å². The average Bonchev–Trinajstić information content (AvgIpc) is 2.66. The maximum absolute atomic E-state index is 12.4. The molecule has 180 valence electrons. The lowest BCUT2D eigenvalue weighted by Gasteiger charge is -2.52. The Hall–Kier alpha value is 0.234. The highest BCUT2D eigenvalue weighted by molar-refractivity contribution is 6.79. The van der Waals surface area contributed by atoms with Crippen LogP contribution in [0.5, 0.6) is 0 Å². The van der Waals surface area contributed by atoms with Gasteiger partial charge in [0.1, 0.15) is 0 Å². The van der Waals surface area contributed by atoms with Crippen LogP contribution in [0, 0.1) is 5.41 Å². The molecular weight excluding hydrogens is 396 g/mol. The fourth-order valence-corrected chi connectivity index (χ4v) is 10.1. The van der Waals surface area contributed by atoms with Gasteiger partial charge in [0.15, 0.2) is 0 Å². The summed E-state index contributed by atoms with van der Waals surface area (Å²) in [6, 6.07) is 1.81. The van der Waals surface area contributed by atoms with Gasteiger partial charge in [0, 0.05) is 0 Å².